The number of amides is 2. The molecule has 0 aromatic heterocycles. The molecule has 2 aromatic rings. The highest BCUT2D eigenvalue weighted by Gasteiger charge is 2.29. The molecule has 0 saturated carbocycles. The minimum atomic E-state index is -3.72. The van der Waals surface area contributed by atoms with Gasteiger partial charge in [0.1, 0.15) is 12.6 Å². The second kappa shape index (κ2) is 11.1. The van der Waals surface area contributed by atoms with Gasteiger partial charge in [-0.15, -0.1) is 0 Å². The Labute approximate surface area is 191 Å². The third kappa shape index (κ3) is 6.82. The predicted molar refractivity (Wildman–Crippen MR) is 128 cm³/mol. The van der Waals surface area contributed by atoms with Gasteiger partial charge in [-0.05, 0) is 50.5 Å². The average Bonchev–Trinajstić information content (AvgIpc) is 2.76. The minimum absolute atomic E-state index is 0.198. The van der Waals surface area contributed by atoms with E-state index in [1.807, 2.05) is 57.2 Å². The van der Waals surface area contributed by atoms with Gasteiger partial charge in [-0.1, -0.05) is 48.9 Å². The van der Waals surface area contributed by atoms with Gasteiger partial charge in [0, 0.05) is 13.1 Å². The number of carbonyl (C=O) groups excluding carboxylic acids is 2. The summed E-state index contributed by atoms with van der Waals surface area (Å²) in [5.41, 5.74) is 3.43. The van der Waals surface area contributed by atoms with Crippen LogP contribution in [0.15, 0.2) is 48.5 Å². The largest absolute Gasteiger partial charge is 0.355 e. The molecule has 0 spiro atoms. The third-order valence-corrected chi connectivity index (χ3v) is 6.44. The van der Waals surface area contributed by atoms with E-state index in [-0.39, 0.29) is 19.0 Å². The molecule has 32 heavy (non-hydrogen) atoms. The molecule has 0 saturated heterocycles. The first-order chi connectivity index (χ1) is 15.1. The van der Waals surface area contributed by atoms with Gasteiger partial charge in [-0.2, -0.15) is 0 Å². The summed E-state index contributed by atoms with van der Waals surface area (Å²) in [6.45, 7) is 7.69. The number of benzene rings is 2. The molecule has 0 heterocycles. The Morgan fingerprint density at radius 2 is 1.53 bits per heavy atom. The van der Waals surface area contributed by atoms with Crippen molar-refractivity contribution in [2.45, 2.75) is 46.7 Å². The van der Waals surface area contributed by atoms with Gasteiger partial charge < -0.3 is 10.2 Å². The van der Waals surface area contributed by atoms with Gasteiger partial charge in [0.15, 0.2) is 0 Å². The molecule has 1 atom stereocenters. The molecule has 8 heteroatoms. The molecule has 1 N–H and O–H groups in total. The quantitative estimate of drug-likeness (QED) is 0.592. The molecule has 0 aliphatic carbocycles. The SMILES string of the molecule is CCNC(=O)[C@H](C)N(Cc1ccc(C)cc1)C(=O)CN(c1ccc(CC)cc1)S(C)(=O)=O. The monoisotopic (exact) mass is 459 g/mol. The van der Waals surface area contributed by atoms with E-state index in [2.05, 4.69) is 5.32 Å². The first-order valence-corrected chi connectivity index (χ1v) is 12.6. The number of nitrogens with zero attached hydrogens (tertiary/aromatic N) is 2. The lowest BCUT2D eigenvalue weighted by Crippen LogP contribution is -2.51. The van der Waals surface area contributed by atoms with Crippen LogP contribution in [0.4, 0.5) is 5.69 Å². The van der Waals surface area contributed by atoms with E-state index in [0.29, 0.717) is 12.2 Å². The van der Waals surface area contributed by atoms with Crippen LogP contribution in [0.1, 0.15) is 37.5 Å². The number of carbonyl (C=O) groups is 2. The minimum Gasteiger partial charge on any atom is -0.355 e. The van der Waals surface area contributed by atoms with Crippen LogP contribution in [0.25, 0.3) is 0 Å². The van der Waals surface area contributed by atoms with E-state index >= 15 is 0 Å². The zero-order valence-electron chi connectivity index (χ0n) is 19.5. The zero-order chi connectivity index (χ0) is 23.9. The summed E-state index contributed by atoms with van der Waals surface area (Å²) in [5.74, 6) is -0.736. The lowest BCUT2D eigenvalue weighted by molar-refractivity contribution is -0.139. The van der Waals surface area contributed by atoms with Gasteiger partial charge >= 0.3 is 0 Å². The van der Waals surface area contributed by atoms with E-state index in [9.17, 15) is 18.0 Å². The second-order valence-electron chi connectivity index (χ2n) is 7.87. The van der Waals surface area contributed by atoms with Crippen LogP contribution in [-0.4, -0.2) is 50.5 Å². The summed E-state index contributed by atoms with van der Waals surface area (Å²) in [7, 11) is -3.72. The van der Waals surface area contributed by atoms with Crippen molar-refractivity contribution in [2.75, 3.05) is 23.7 Å². The van der Waals surface area contributed by atoms with Gasteiger partial charge in [-0.3, -0.25) is 13.9 Å². The number of likely N-dealkylation sites (N-methyl/N-ethyl adjacent to an activating group) is 1. The van der Waals surface area contributed by atoms with Crippen LogP contribution in [0.5, 0.6) is 0 Å². The van der Waals surface area contributed by atoms with Gasteiger partial charge in [0.2, 0.25) is 21.8 Å². The smallest absolute Gasteiger partial charge is 0.244 e. The van der Waals surface area contributed by atoms with Crippen molar-refractivity contribution in [3.05, 3.63) is 65.2 Å². The van der Waals surface area contributed by atoms with E-state index in [0.717, 1.165) is 33.7 Å². The summed E-state index contributed by atoms with van der Waals surface area (Å²) < 4.78 is 26.1. The molecule has 0 radical (unpaired) electrons. The highest BCUT2D eigenvalue weighted by Crippen LogP contribution is 2.20. The van der Waals surface area contributed by atoms with Crippen molar-refractivity contribution < 1.29 is 18.0 Å². The van der Waals surface area contributed by atoms with Crippen molar-refractivity contribution in [2.24, 2.45) is 0 Å². The molecular weight excluding hydrogens is 426 g/mol. The highest BCUT2D eigenvalue weighted by molar-refractivity contribution is 7.92. The Morgan fingerprint density at radius 1 is 0.969 bits per heavy atom. The first-order valence-electron chi connectivity index (χ1n) is 10.8. The standard InChI is InChI=1S/C24H33N3O4S/c1-6-20-12-14-22(15-13-20)27(32(5,30)31)17-23(28)26(19(4)24(29)25-7-2)16-21-10-8-18(3)9-11-21/h8-15,19H,6-7,16-17H2,1-5H3,(H,25,29)/t19-/m0/s1. The summed E-state index contributed by atoms with van der Waals surface area (Å²) >= 11 is 0. The summed E-state index contributed by atoms with van der Waals surface area (Å²) in [6.07, 6.45) is 1.90. The molecule has 2 rings (SSSR count). The van der Waals surface area contributed by atoms with E-state index in [1.165, 1.54) is 4.90 Å². The summed E-state index contributed by atoms with van der Waals surface area (Å²) in [6, 6.07) is 14.0. The average molecular weight is 460 g/mol. The number of hydrogen-bond donors (Lipinski definition) is 1. The topological polar surface area (TPSA) is 86.8 Å². The van der Waals surface area contributed by atoms with Crippen molar-refractivity contribution in [3.63, 3.8) is 0 Å². The van der Waals surface area contributed by atoms with Gasteiger partial charge in [0.25, 0.3) is 0 Å². The fraction of sp³-hybridized carbons (Fsp3) is 0.417. The van der Waals surface area contributed by atoms with Crippen LogP contribution in [0.2, 0.25) is 0 Å². The predicted octanol–water partition coefficient (Wildman–Crippen LogP) is 2.88. The van der Waals surface area contributed by atoms with Gasteiger partial charge in [-0.25, -0.2) is 8.42 Å². The number of rotatable bonds is 10. The third-order valence-electron chi connectivity index (χ3n) is 5.30. The lowest BCUT2D eigenvalue weighted by Gasteiger charge is -2.31. The van der Waals surface area contributed by atoms with Crippen LogP contribution in [0, 0.1) is 6.92 Å². The van der Waals surface area contributed by atoms with E-state index < -0.39 is 22.0 Å². The molecule has 174 valence electrons. The van der Waals surface area contributed by atoms with Crippen molar-refractivity contribution >= 4 is 27.5 Å². The molecule has 0 aliphatic rings. The van der Waals surface area contributed by atoms with Crippen LogP contribution >= 0.6 is 0 Å². The maximum Gasteiger partial charge on any atom is 0.244 e. The number of sulfonamides is 1. The Bertz CT molecular complexity index is 1020. The molecule has 2 aromatic carbocycles. The summed E-state index contributed by atoms with van der Waals surface area (Å²) in [5, 5.41) is 2.74. The first kappa shape index (κ1) is 25.4. The fourth-order valence-electron chi connectivity index (χ4n) is 3.31. The maximum absolute atomic E-state index is 13.4. The van der Waals surface area contributed by atoms with E-state index in [4.69, 9.17) is 0 Å². The van der Waals surface area contributed by atoms with Gasteiger partial charge in [0.05, 0.1) is 11.9 Å². The van der Waals surface area contributed by atoms with E-state index in [1.54, 1.807) is 19.1 Å². The molecule has 0 aliphatic heterocycles. The Morgan fingerprint density at radius 3 is 2.03 bits per heavy atom. The number of aryl methyl sites for hydroxylation is 2. The number of anilines is 1. The molecule has 2 amide bonds. The van der Waals surface area contributed by atoms with Crippen molar-refractivity contribution in [1.82, 2.24) is 10.2 Å². The van der Waals surface area contributed by atoms with Crippen LogP contribution in [0.3, 0.4) is 0 Å². The van der Waals surface area contributed by atoms with Crippen molar-refractivity contribution in [3.8, 4) is 0 Å². The second-order valence-corrected chi connectivity index (χ2v) is 9.77. The fourth-order valence-corrected chi connectivity index (χ4v) is 4.16. The molecular formula is C24H33N3O4S. The number of hydrogen-bond acceptors (Lipinski definition) is 4. The molecule has 7 nitrogen and oxygen atoms in total. The molecule has 0 unspecified atom stereocenters. The Hall–Kier alpha value is -2.87. The normalized spacial score (nSPS) is 12.2. The number of nitrogens with one attached hydrogen (secondary N) is 1. The summed E-state index contributed by atoms with van der Waals surface area (Å²) in [4.78, 5) is 27.3. The Kier molecular flexibility index (Phi) is 8.83. The zero-order valence-corrected chi connectivity index (χ0v) is 20.3. The lowest BCUT2D eigenvalue weighted by atomic mass is 10.1. The highest BCUT2D eigenvalue weighted by atomic mass is 32.2. The maximum atomic E-state index is 13.4. The van der Waals surface area contributed by atoms with Crippen molar-refractivity contribution in [1.29, 1.82) is 0 Å². The molecule has 0 bridgehead atoms. The van der Waals surface area contributed by atoms with Crippen LogP contribution < -0.4 is 9.62 Å². The molecule has 0 fully saturated rings. The Balaban J connectivity index is 2.35. The van der Waals surface area contributed by atoms with Crippen LogP contribution in [-0.2, 0) is 32.6 Å².